The molecular weight excluding hydrogens is 252 g/mol. The van der Waals surface area contributed by atoms with Gasteiger partial charge in [-0.3, -0.25) is 16.0 Å². The van der Waals surface area contributed by atoms with Crippen molar-refractivity contribution in [2.24, 2.45) is 5.84 Å². The van der Waals surface area contributed by atoms with Crippen LogP contribution >= 0.6 is 0 Å². The minimum absolute atomic E-state index is 0.0581. The van der Waals surface area contributed by atoms with Crippen molar-refractivity contribution in [3.8, 4) is 0 Å². The Hall–Kier alpha value is -0.910. The number of rotatable bonds is 9. The van der Waals surface area contributed by atoms with Crippen molar-refractivity contribution in [2.45, 2.75) is 71.1 Å². The Labute approximate surface area is 122 Å². The van der Waals surface area contributed by atoms with E-state index in [-0.39, 0.29) is 11.6 Å². The zero-order valence-corrected chi connectivity index (χ0v) is 13.5. The normalized spacial score (nSPS) is 15.3. The molecule has 1 aromatic heterocycles. The second kappa shape index (κ2) is 7.76. The van der Waals surface area contributed by atoms with Crippen LogP contribution in [0.15, 0.2) is 12.3 Å². The molecule has 0 aromatic carbocycles. The van der Waals surface area contributed by atoms with Crippen LogP contribution in [-0.2, 0) is 11.2 Å². The summed E-state index contributed by atoms with van der Waals surface area (Å²) >= 11 is 0. The number of methoxy groups -OCH3 is 1. The Kier molecular flexibility index (Phi) is 6.65. The first-order valence-electron chi connectivity index (χ1n) is 7.62. The number of hydrogen-bond donors (Lipinski definition) is 2. The molecule has 1 heterocycles. The molecule has 0 radical (unpaired) electrons. The van der Waals surface area contributed by atoms with E-state index in [0.29, 0.717) is 6.04 Å². The molecule has 0 fully saturated rings. The van der Waals surface area contributed by atoms with Crippen LogP contribution in [0.5, 0.6) is 0 Å². The van der Waals surface area contributed by atoms with Crippen molar-refractivity contribution >= 4 is 0 Å². The summed E-state index contributed by atoms with van der Waals surface area (Å²) in [5.74, 6) is 5.76. The van der Waals surface area contributed by atoms with Gasteiger partial charge in [0.1, 0.15) is 0 Å². The molecule has 0 saturated carbocycles. The largest absolute Gasteiger partial charge is 0.377 e. The van der Waals surface area contributed by atoms with E-state index in [0.717, 1.165) is 31.4 Å². The molecule has 0 spiro atoms. The van der Waals surface area contributed by atoms with Gasteiger partial charge in [0.15, 0.2) is 0 Å². The first-order valence-corrected chi connectivity index (χ1v) is 7.62. The van der Waals surface area contributed by atoms with Crippen LogP contribution < -0.4 is 11.3 Å². The van der Waals surface area contributed by atoms with Gasteiger partial charge in [-0.15, -0.1) is 0 Å². The molecule has 0 aliphatic rings. The fourth-order valence-electron chi connectivity index (χ4n) is 2.70. The summed E-state index contributed by atoms with van der Waals surface area (Å²) < 4.78 is 7.78. The van der Waals surface area contributed by atoms with Crippen LogP contribution in [0.2, 0.25) is 0 Å². The smallest absolute Gasteiger partial charge is 0.0843 e. The fourth-order valence-corrected chi connectivity index (χ4v) is 2.70. The van der Waals surface area contributed by atoms with Crippen molar-refractivity contribution in [3.05, 3.63) is 18.0 Å². The second-order valence-corrected chi connectivity index (χ2v) is 5.44. The van der Waals surface area contributed by atoms with Gasteiger partial charge in [0.05, 0.1) is 17.3 Å². The van der Waals surface area contributed by atoms with E-state index in [1.54, 1.807) is 7.11 Å². The molecule has 20 heavy (non-hydrogen) atoms. The first kappa shape index (κ1) is 17.1. The van der Waals surface area contributed by atoms with Gasteiger partial charge in [-0.25, -0.2) is 0 Å². The highest BCUT2D eigenvalue weighted by molar-refractivity contribution is 5.06. The molecule has 1 rings (SSSR count). The van der Waals surface area contributed by atoms with Gasteiger partial charge < -0.3 is 4.74 Å². The molecule has 0 aliphatic heterocycles. The van der Waals surface area contributed by atoms with Crippen molar-refractivity contribution in [1.29, 1.82) is 0 Å². The summed E-state index contributed by atoms with van der Waals surface area (Å²) in [6.45, 7) is 8.61. The predicted octanol–water partition coefficient (Wildman–Crippen LogP) is 2.43. The lowest BCUT2D eigenvalue weighted by molar-refractivity contribution is -0.0475. The lowest BCUT2D eigenvalue weighted by Crippen LogP contribution is -2.55. The Morgan fingerprint density at radius 2 is 2.05 bits per heavy atom. The topological polar surface area (TPSA) is 65.1 Å². The van der Waals surface area contributed by atoms with E-state index >= 15 is 0 Å². The third kappa shape index (κ3) is 3.59. The number of hydrazine groups is 1. The molecule has 5 nitrogen and oxygen atoms in total. The second-order valence-electron chi connectivity index (χ2n) is 5.44. The molecule has 0 aliphatic carbocycles. The molecule has 2 unspecified atom stereocenters. The Morgan fingerprint density at radius 1 is 1.40 bits per heavy atom. The minimum Gasteiger partial charge on any atom is -0.377 e. The summed E-state index contributed by atoms with van der Waals surface area (Å²) in [5, 5.41) is 4.65. The number of nitrogens with two attached hydrogens (primary N) is 1. The highest BCUT2D eigenvalue weighted by Crippen LogP contribution is 2.26. The van der Waals surface area contributed by atoms with Gasteiger partial charge in [-0.2, -0.15) is 5.10 Å². The Morgan fingerprint density at radius 3 is 2.50 bits per heavy atom. The molecule has 3 N–H and O–H groups in total. The molecule has 0 saturated heterocycles. The third-order valence-corrected chi connectivity index (χ3v) is 4.56. The van der Waals surface area contributed by atoms with Crippen LogP contribution in [0.25, 0.3) is 0 Å². The summed E-state index contributed by atoms with van der Waals surface area (Å²) in [6, 6.07) is 2.56. The molecule has 1 aromatic rings. The Balaban J connectivity index is 2.85. The van der Waals surface area contributed by atoms with E-state index in [4.69, 9.17) is 10.6 Å². The molecule has 0 bridgehead atoms. The van der Waals surface area contributed by atoms with Gasteiger partial charge in [-0.05, 0) is 32.3 Å². The highest BCUT2D eigenvalue weighted by atomic mass is 16.5. The lowest BCUT2D eigenvalue weighted by Gasteiger charge is -2.37. The van der Waals surface area contributed by atoms with Crippen molar-refractivity contribution in [2.75, 3.05) is 7.11 Å². The number of nitrogens with one attached hydrogen (secondary N) is 1. The maximum Gasteiger partial charge on any atom is 0.0843 e. The zero-order chi connectivity index (χ0) is 15.2. The summed E-state index contributed by atoms with van der Waals surface area (Å²) in [6.07, 6.45) is 5.73. The molecule has 116 valence electrons. The van der Waals surface area contributed by atoms with E-state index in [1.807, 2.05) is 10.9 Å². The van der Waals surface area contributed by atoms with E-state index in [9.17, 15) is 0 Å². The van der Waals surface area contributed by atoms with Gasteiger partial charge in [0.25, 0.3) is 0 Å². The van der Waals surface area contributed by atoms with E-state index < -0.39 is 0 Å². The van der Waals surface area contributed by atoms with Gasteiger partial charge in [-0.1, -0.05) is 20.8 Å². The Bertz CT molecular complexity index is 379. The van der Waals surface area contributed by atoms with E-state index in [1.165, 1.54) is 0 Å². The molecule has 2 atom stereocenters. The van der Waals surface area contributed by atoms with Crippen molar-refractivity contribution in [3.63, 3.8) is 0 Å². The number of aromatic nitrogens is 2. The molecule has 5 heteroatoms. The van der Waals surface area contributed by atoms with Gasteiger partial charge in [0.2, 0.25) is 0 Å². The van der Waals surface area contributed by atoms with E-state index in [2.05, 4.69) is 44.3 Å². The lowest BCUT2D eigenvalue weighted by atomic mass is 9.86. The maximum absolute atomic E-state index is 5.76. The summed E-state index contributed by atoms with van der Waals surface area (Å²) in [4.78, 5) is 0. The van der Waals surface area contributed by atoms with Crippen molar-refractivity contribution in [1.82, 2.24) is 15.2 Å². The van der Waals surface area contributed by atoms with Crippen LogP contribution in [0, 0.1) is 0 Å². The number of nitrogens with zero attached hydrogens (tertiary/aromatic N) is 2. The number of ether oxygens (including phenoxy) is 1. The quantitative estimate of drug-likeness (QED) is 0.539. The molecular formula is C15H30N4O. The van der Waals surface area contributed by atoms with Crippen molar-refractivity contribution < 1.29 is 4.74 Å². The fraction of sp³-hybridized carbons (Fsp3) is 0.800. The summed E-state index contributed by atoms with van der Waals surface area (Å²) in [7, 11) is 1.76. The average Bonchev–Trinajstić information content (AvgIpc) is 2.96. The van der Waals surface area contributed by atoms with Crippen LogP contribution in [0.3, 0.4) is 0 Å². The van der Waals surface area contributed by atoms with Gasteiger partial charge in [0, 0.05) is 25.8 Å². The first-order chi connectivity index (χ1) is 9.56. The summed E-state index contributed by atoms with van der Waals surface area (Å²) in [5.41, 5.74) is 3.73. The van der Waals surface area contributed by atoms with Gasteiger partial charge >= 0.3 is 0 Å². The zero-order valence-electron chi connectivity index (χ0n) is 13.5. The standard InChI is InChI=1S/C15H30N4O/c1-6-12(4)19-10-9-13(18-19)11-14(17-16)15(7-2,8-3)20-5/h9-10,12,14,17H,6-8,11,16H2,1-5H3. The average molecular weight is 282 g/mol. The molecule has 0 amide bonds. The third-order valence-electron chi connectivity index (χ3n) is 4.56. The number of hydrogen-bond acceptors (Lipinski definition) is 4. The van der Waals surface area contributed by atoms with Crippen LogP contribution in [0.4, 0.5) is 0 Å². The van der Waals surface area contributed by atoms with Crippen LogP contribution in [0.1, 0.15) is 58.7 Å². The van der Waals surface area contributed by atoms with Crippen LogP contribution in [-0.4, -0.2) is 28.5 Å². The predicted molar refractivity (Wildman–Crippen MR) is 82.4 cm³/mol. The minimum atomic E-state index is -0.241. The highest BCUT2D eigenvalue weighted by Gasteiger charge is 2.35. The maximum atomic E-state index is 5.76. The monoisotopic (exact) mass is 282 g/mol. The SMILES string of the molecule is CCC(C)n1ccc(CC(NN)C(CC)(CC)OC)n1.